The highest BCUT2D eigenvalue weighted by atomic mass is 32.2. The fraction of sp³-hybridized carbons (Fsp3) is 0.222. The molecule has 0 fully saturated rings. The Morgan fingerprint density at radius 1 is 1.50 bits per heavy atom. The molecule has 1 nitrogen and oxygen atoms in total. The largest absolute Gasteiger partial charge is 0.282 e. The Bertz CT molecular complexity index is 307. The third-order valence-corrected chi connectivity index (χ3v) is 2.84. The van der Waals surface area contributed by atoms with Gasteiger partial charge in [0.2, 0.25) is 5.12 Å². The number of aryl methyl sites for hydroxylation is 1. The monoisotopic (exact) mass is 198 g/mol. The lowest BCUT2D eigenvalue weighted by Gasteiger charge is -2.05. The smallest absolute Gasteiger partial charge is 0.217 e. The van der Waals surface area contributed by atoms with Crippen LogP contribution in [-0.4, -0.2) is 11.4 Å². The Morgan fingerprint density at radius 3 is 2.58 bits per heavy atom. The van der Waals surface area contributed by atoms with Crippen LogP contribution in [0.3, 0.4) is 0 Å². The molecule has 1 aromatic rings. The van der Waals surface area contributed by atoms with Crippen LogP contribution in [0.4, 0.5) is 0 Å². The summed E-state index contributed by atoms with van der Waals surface area (Å²) in [5, 5.41) is -0.164. The molecule has 0 amide bonds. The van der Waals surface area contributed by atoms with Crippen molar-refractivity contribution in [3.63, 3.8) is 0 Å². The van der Waals surface area contributed by atoms with E-state index in [1.807, 2.05) is 25.3 Å². The van der Waals surface area contributed by atoms with Gasteiger partial charge in [0.15, 0.2) is 0 Å². The fourth-order valence-electron chi connectivity index (χ4n) is 1.09. The summed E-state index contributed by atoms with van der Waals surface area (Å²) in [6.07, 6.45) is 1.96. The van der Waals surface area contributed by atoms with Crippen molar-refractivity contribution in [2.75, 3.05) is 6.26 Å². The van der Waals surface area contributed by atoms with Gasteiger partial charge >= 0.3 is 0 Å². The van der Waals surface area contributed by atoms with Crippen molar-refractivity contribution in [3.05, 3.63) is 29.3 Å². The van der Waals surface area contributed by atoms with Gasteiger partial charge in [-0.1, -0.05) is 12.1 Å². The summed E-state index contributed by atoms with van der Waals surface area (Å²) in [7, 11) is 0. The van der Waals surface area contributed by atoms with E-state index >= 15 is 0 Å². The van der Waals surface area contributed by atoms with E-state index < -0.39 is 0 Å². The summed E-state index contributed by atoms with van der Waals surface area (Å²) in [5.74, 6) is 0. The average Bonchev–Trinajstić information content (AvgIpc) is 2.03. The second kappa shape index (κ2) is 4.01. The molecule has 0 radical (unpaired) electrons. The molecule has 0 saturated heterocycles. The molecule has 0 atom stereocenters. The molecule has 1 rings (SSSR count). The summed E-state index contributed by atoms with van der Waals surface area (Å²) in [6, 6.07) is 5.67. The van der Waals surface area contributed by atoms with E-state index in [1.165, 1.54) is 0 Å². The zero-order valence-corrected chi connectivity index (χ0v) is 8.71. The molecule has 0 heterocycles. The summed E-state index contributed by atoms with van der Waals surface area (Å²) in [6.45, 7) is 1.99. The van der Waals surface area contributed by atoms with Crippen molar-refractivity contribution in [1.29, 1.82) is 0 Å². The molecule has 1 aromatic carbocycles. The van der Waals surface area contributed by atoms with Gasteiger partial charge in [0.1, 0.15) is 0 Å². The number of thioether (sulfide) groups is 1. The minimum absolute atomic E-state index is 0.164. The van der Waals surface area contributed by atoms with Crippen LogP contribution in [0.1, 0.15) is 15.9 Å². The lowest BCUT2D eigenvalue weighted by atomic mass is 10.1. The molecule has 0 aliphatic rings. The first-order chi connectivity index (χ1) is 5.66. The van der Waals surface area contributed by atoms with Crippen molar-refractivity contribution in [2.45, 2.75) is 11.8 Å². The first kappa shape index (κ1) is 9.68. The molecule has 0 aliphatic heterocycles. The van der Waals surface area contributed by atoms with Crippen molar-refractivity contribution < 1.29 is 4.79 Å². The number of hydrogen-bond donors (Lipinski definition) is 1. The second-order valence-electron chi connectivity index (χ2n) is 2.46. The number of benzene rings is 1. The van der Waals surface area contributed by atoms with Crippen molar-refractivity contribution in [2.24, 2.45) is 0 Å². The van der Waals surface area contributed by atoms with Crippen LogP contribution >= 0.6 is 24.4 Å². The molecule has 12 heavy (non-hydrogen) atoms. The molecular formula is C9H10OS2. The zero-order chi connectivity index (χ0) is 9.14. The maximum Gasteiger partial charge on any atom is 0.217 e. The standard InChI is InChI=1S/C9H10OS2/c1-6-4-3-5-7(9(10)11)8(6)12-2/h3-5H,1-2H3,(H,10,11). The van der Waals surface area contributed by atoms with E-state index in [2.05, 4.69) is 12.6 Å². The van der Waals surface area contributed by atoms with Crippen molar-refractivity contribution in [1.82, 2.24) is 0 Å². The van der Waals surface area contributed by atoms with Crippen LogP contribution in [0.15, 0.2) is 23.1 Å². The number of hydrogen-bond acceptors (Lipinski definition) is 2. The normalized spacial score (nSPS) is 9.92. The lowest BCUT2D eigenvalue weighted by molar-refractivity contribution is 0.108. The average molecular weight is 198 g/mol. The highest BCUT2D eigenvalue weighted by Gasteiger charge is 2.07. The van der Waals surface area contributed by atoms with Crippen molar-refractivity contribution in [3.8, 4) is 0 Å². The minimum atomic E-state index is -0.164. The number of thiol groups is 1. The molecule has 0 aromatic heterocycles. The quantitative estimate of drug-likeness (QED) is 0.581. The summed E-state index contributed by atoms with van der Waals surface area (Å²) >= 11 is 5.39. The van der Waals surface area contributed by atoms with Crippen LogP contribution in [0.2, 0.25) is 0 Å². The topological polar surface area (TPSA) is 17.1 Å². The Labute approximate surface area is 82.0 Å². The number of carbonyl (C=O) groups is 1. The molecule has 0 bridgehead atoms. The molecular weight excluding hydrogens is 188 g/mol. The summed E-state index contributed by atoms with van der Waals surface area (Å²) in [4.78, 5) is 12.1. The molecule has 3 heteroatoms. The van der Waals surface area contributed by atoms with Gasteiger partial charge in [0, 0.05) is 10.5 Å². The van der Waals surface area contributed by atoms with Gasteiger partial charge in [-0.05, 0) is 24.8 Å². The zero-order valence-electron chi connectivity index (χ0n) is 7.00. The summed E-state index contributed by atoms with van der Waals surface area (Å²) < 4.78 is 0. The lowest BCUT2D eigenvalue weighted by Crippen LogP contribution is -1.93. The third kappa shape index (κ3) is 1.84. The van der Waals surface area contributed by atoms with E-state index in [9.17, 15) is 4.79 Å². The second-order valence-corrected chi connectivity index (χ2v) is 3.68. The Balaban J connectivity index is 3.27. The van der Waals surface area contributed by atoms with Gasteiger partial charge in [-0.2, -0.15) is 0 Å². The number of carbonyl (C=O) groups excluding carboxylic acids is 1. The molecule has 0 unspecified atom stereocenters. The van der Waals surface area contributed by atoms with E-state index in [0.717, 1.165) is 10.5 Å². The molecule has 64 valence electrons. The fourth-order valence-corrected chi connectivity index (χ4v) is 2.12. The SMILES string of the molecule is CSc1c(C)cccc1C(=O)S. The molecule has 0 saturated carbocycles. The molecule has 0 N–H and O–H groups in total. The highest BCUT2D eigenvalue weighted by Crippen LogP contribution is 2.25. The Morgan fingerprint density at radius 2 is 2.17 bits per heavy atom. The van der Waals surface area contributed by atoms with Crippen molar-refractivity contribution >= 4 is 29.5 Å². The van der Waals surface area contributed by atoms with Gasteiger partial charge in [0.05, 0.1) is 0 Å². The van der Waals surface area contributed by atoms with Crippen LogP contribution in [-0.2, 0) is 0 Å². The number of rotatable bonds is 2. The van der Waals surface area contributed by atoms with E-state index in [1.54, 1.807) is 17.8 Å². The first-order valence-corrected chi connectivity index (χ1v) is 5.21. The van der Waals surface area contributed by atoms with Crippen LogP contribution in [0, 0.1) is 6.92 Å². The first-order valence-electron chi connectivity index (χ1n) is 3.53. The predicted octanol–water partition coefficient (Wildman–Crippen LogP) is 2.79. The van der Waals surface area contributed by atoms with Gasteiger partial charge < -0.3 is 0 Å². The molecule has 0 spiro atoms. The molecule has 0 aliphatic carbocycles. The van der Waals surface area contributed by atoms with Gasteiger partial charge in [-0.25, -0.2) is 0 Å². The maximum atomic E-state index is 11.0. The van der Waals surface area contributed by atoms with Crippen LogP contribution < -0.4 is 0 Å². The predicted molar refractivity (Wildman–Crippen MR) is 56.3 cm³/mol. The third-order valence-electron chi connectivity index (χ3n) is 1.65. The van der Waals surface area contributed by atoms with E-state index in [4.69, 9.17) is 0 Å². The van der Waals surface area contributed by atoms with Crippen LogP contribution in [0.25, 0.3) is 0 Å². The van der Waals surface area contributed by atoms with E-state index in [-0.39, 0.29) is 5.12 Å². The highest BCUT2D eigenvalue weighted by molar-refractivity contribution is 7.99. The minimum Gasteiger partial charge on any atom is -0.282 e. The van der Waals surface area contributed by atoms with Gasteiger partial charge in [0.25, 0.3) is 0 Å². The Hall–Kier alpha value is -0.410. The maximum absolute atomic E-state index is 11.0. The summed E-state index contributed by atoms with van der Waals surface area (Å²) in [5.41, 5.74) is 1.83. The van der Waals surface area contributed by atoms with Gasteiger partial charge in [-0.15, -0.1) is 24.4 Å². The van der Waals surface area contributed by atoms with Gasteiger partial charge in [-0.3, -0.25) is 4.79 Å². The van der Waals surface area contributed by atoms with Crippen LogP contribution in [0.5, 0.6) is 0 Å². The van der Waals surface area contributed by atoms with E-state index in [0.29, 0.717) is 5.56 Å². The Kier molecular flexibility index (Phi) is 3.23.